The summed E-state index contributed by atoms with van der Waals surface area (Å²) in [6.07, 6.45) is 1.55. The maximum Gasteiger partial charge on any atom is 0.315 e. The first-order valence-corrected chi connectivity index (χ1v) is 6.61. The zero-order chi connectivity index (χ0) is 14.8. The van der Waals surface area contributed by atoms with Crippen LogP contribution in [0.1, 0.15) is 5.56 Å². The molecule has 1 heterocycles. The third-order valence-electron chi connectivity index (χ3n) is 3.00. The number of ether oxygens (including phenoxy) is 1. The quantitative estimate of drug-likeness (QED) is 0.532. The average Bonchev–Trinajstić information content (AvgIpc) is 2.84. The monoisotopic (exact) mass is 304 g/mol. The van der Waals surface area contributed by atoms with Gasteiger partial charge in [-0.05, 0) is 42.5 Å². The Morgan fingerprint density at radius 3 is 2.71 bits per heavy atom. The molecule has 5 heteroatoms. The molecule has 0 bridgehead atoms. The molecular weight excluding hydrogens is 295 g/mol. The molecule has 0 saturated carbocycles. The molecule has 106 valence electrons. The highest BCUT2D eigenvalue weighted by molar-refractivity contribution is 6.31. The number of fused-ring (bicyclic) bond motifs is 1. The number of halogens is 2. The fraction of sp³-hybridized carbons (Fsp3) is 0.0625. The minimum absolute atomic E-state index is 0.0463. The first-order valence-electron chi connectivity index (χ1n) is 6.24. The van der Waals surface area contributed by atoms with Crippen LogP contribution in [0.3, 0.4) is 0 Å². The van der Waals surface area contributed by atoms with E-state index in [9.17, 15) is 9.18 Å². The van der Waals surface area contributed by atoms with Crippen molar-refractivity contribution in [2.24, 2.45) is 0 Å². The van der Waals surface area contributed by atoms with Crippen LogP contribution < -0.4 is 4.74 Å². The average molecular weight is 305 g/mol. The van der Waals surface area contributed by atoms with Crippen LogP contribution in [0.15, 0.2) is 53.1 Å². The first kappa shape index (κ1) is 13.6. The third kappa shape index (κ3) is 3.06. The molecule has 1 aromatic heterocycles. The maximum absolute atomic E-state index is 12.8. The zero-order valence-corrected chi connectivity index (χ0v) is 11.6. The van der Waals surface area contributed by atoms with Crippen LogP contribution in [-0.2, 0) is 11.2 Å². The Kier molecular flexibility index (Phi) is 3.62. The summed E-state index contributed by atoms with van der Waals surface area (Å²) in [6.45, 7) is 0. The number of benzene rings is 2. The fourth-order valence-electron chi connectivity index (χ4n) is 2.02. The summed E-state index contributed by atoms with van der Waals surface area (Å²) >= 11 is 5.94. The molecule has 0 unspecified atom stereocenters. The lowest BCUT2D eigenvalue weighted by Crippen LogP contribution is -2.10. The molecule has 3 rings (SSSR count). The van der Waals surface area contributed by atoms with Crippen molar-refractivity contribution < 1.29 is 18.3 Å². The zero-order valence-electron chi connectivity index (χ0n) is 10.8. The van der Waals surface area contributed by atoms with Gasteiger partial charge < -0.3 is 9.15 Å². The normalized spacial score (nSPS) is 10.8. The van der Waals surface area contributed by atoms with Gasteiger partial charge in [-0.3, -0.25) is 4.79 Å². The summed E-state index contributed by atoms with van der Waals surface area (Å²) in [7, 11) is 0. The molecule has 0 aliphatic carbocycles. The summed E-state index contributed by atoms with van der Waals surface area (Å²) in [5.41, 5.74) is 1.35. The van der Waals surface area contributed by atoms with Crippen molar-refractivity contribution in [1.29, 1.82) is 0 Å². The minimum atomic E-state index is -0.454. The Labute approximate surface area is 124 Å². The first-order chi connectivity index (χ1) is 10.1. The Morgan fingerprint density at radius 2 is 1.95 bits per heavy atom. The van der Waals surface area contributed by atoms with E-state index in [1.807, 2.05) is 0 Å². The van der Waals surface area contributed by atoms with E-state index in [4.69, 9.17) is 20.8 Å². The molecule has 0 amide bonds. The van der Waals surface area contributed by atoms with Crippen LogP contribution in [0.25, 0.3) is 11.0 Å². The lowest BCUT2D eigenvalue weighted by atomic mass is 10.1. The SMILES string of the molecule is O=C(Cc1coc2ccc(Cl)cc12)Oc1ccc(F)cc1. The van der Waals surface area contributed by atoms with Crippen LogP contribution in [0.4, 0.5) is 4.39 Å². The molecule has 0 aliphatic rings. The van der Waals surface area contributed by atoms with Gasteiger partial charge in [0.05, 0.1) is 12.7 Å². The van der Waals surface area contributed by atoms with Gasteiger partial charge in [0.1, 0.15) is 17.1 Å². The predicted octanol–water partition coefficient (Wildman–Crippen LogP) is 4.37. The standard InChI is InChI=1S/C16H10ClFO3/c17-11-1-6-15-14(8-11)10(9-20-15)7-16(19)21-13-4-2-12(18)3-5-13/h1-6,8-9H,7H2. The molecule has 0 radical (unpaired) electrons. The molecule has 0 aliphatic heterocycles. The number of carbonyl (C=O) groups is 1. The Balaban J connectivity index is 1.77. The van der Waals surface area contributed by atoms with E-state index >= 15 is 0 Å². The molecule has 0 atom stereocenters. The van der Waals surface area contributed by atoms with Gasteiger partial charge >= 0.3 is 5.97 Å². The highest BCUT2D eigenvalue weighted by Gasteiger charge is 2.12. The van der Waals surface area contributed by atoms with Crippen molar-refractivity contribution in [2.75, 3.05) is 0 Å². The van der Waals surface area contributed by atoms with E-state index < -0.39 is 5.97 Å². The second-order valence-corrected chi connectivity index (χ2v) is 4.94. The number of esters is 1. The predicted molar refractivity (Wildman–Crippen MR) is 77.0 cm³/mol. The molecule has 0 N–H and O–H groups in total. The molecule has 0 saturated heterocycles. The van der Waals surface area contributed by atoms with Gasteiger partial charge in [0.15, 0.2) is 0 Å². The van der Waals surface area contributed by atoms with Gasteiger partial charge in [0, 0.05) is 16.0 Å². The smallest absolute Gasteiger partial charge is 0.315 e. The van der Waals surface area contributed by atoms with Gasteiger partial charge in [-0.2, -0.15) is 0 Å². The highest BCUT2D eigenvalue weighted by atomic mass is 35.5. The van der Waals surface area contributed by atoms with Gasteiger partial charge in [-0.25, -0.2) is 4.39 Å². The number of rotatable bonds is 3. The Bertz CT molecular complexity index is 793. The van der Waals surface area contributed by atoms with Crippen LogP contribution in [0.5, 0.6) is 5.75 Å². The van der Waals surface area contributed by atoms with E-state index in [1.54, 1.807) is 18.2 Å². The van der Waals surface area contributed by atoms with Gasteiger partial charge in [-0.15, -0.1) is 0 Å². The fourth-order valence-corrected chi connectivity index (χ4v) is 2.19. The highest BCUT2D eigenvalue weighted by Crippen LogP contribution is 2.25. The van der Waals surface area contributed by atoms with E-state index in [0.717, 1.165) is 5.39 Å². The summed E-state index contributed by atoms with van der Waals surface area (Å²) in [6, 6.07) is 10.5. The molecule has 0 fully saturated rings. The minimum Gasteiger partial charge on any atom is -0.464 e. The van der Waals surface area contributed by atoms with E-state index in [2.05, 4.69) is 0 Å². The van der Waals surface area contributed by atoms with Crippen LogP contribution >= 0.6 is 11.6 Å². The largest absolute Gasteiger partial charge is 0.464 e. The summed E-state index contributed by atoms with van der Waals surface area (Å²) in [5, 5.41) is 1.34. The van der Waals surface area contributed by atoms with Crippen LogP contribution in [0.2, 0.25) is 5.02 Å². The van der Waals surface area contributed by atoms with Crippen molar-refractivity contribution in [3.63, 3.8) is 0 Å². The molecule has 3 nitrogen and oxygen atoms in total. The van der Waals surface area contributed by atoms with Crippen LogP contribution in [-0.4, -0.2) is 5.97 Å². The van der Waals surface area contributed by atoms with Crippen molar-refractivity contribution >= 4 is 28.5 Å². The lowest BCUT2D eigenvalue weighted by molar-refractivity contribution is -0.133. The molecule has 21 heavy (non-hydrogen) atoms. The second-order valence-electron chi connectivity index (χ2n) is 4.51. The molecular formula is C16H10ClFO3. The van der Waals surface area contributed by atoms with Crippen LogP contribution in [0, 0.1) is 5.82 Å². The van der Waals surface area contributed by atoms with E-state index in [1.165, 1.54) is 30.5 Å². The van der Waals surface area contributed by atoms with Crippen molar-refractivity contribution in [2.45, 2.75) is 6.42 Å². The number of hydrogen-bond acceptors (Lipinski definition) is 3. The van der Waals surface area contributed by atoms with Gasteiger partial charge in [0.25, 0.3) is 0 Å². The van der Waals surface area contributed by atoms with Crippen molar-refractivity contribution in [3.8, 4) is 5.75 Å². The summed E-state index contributed by atoms with van der Waals surface area (Å²) in [5.74, 6) is -0.540. The Morgan fingerprint density at radius 1 is 1.19 bits per heavy atom. The number of hydrogen-bond donors (Lipinski definition) is 0. The molecule has 0 spiro atoms. The van der Waals surface area contributed by atoms with Crippen molar-refractivity contribution in [1.82, 2.24) is 0 Å². The van der Waals surface area contributed by atoms with E-state index in [-0.39, 0.29) is 12.2 Å². The number of furan rings is 1. The summed E-state index contributed by atoms with van der Waals surface area (Å²) < 4.78 is 23.3. The molecule has 2 aromatic carbocycles. The third-order valence-corrected chi connectivity index (χ3v) is 3.23. The maximum atomic E-state index is 12.8. The van der Waals surface area contributed by atoms with E-state index in [0.29, 0.717) is 21.9 Å². The molecule has 3 aromatic rings. The topological polar surface area (TPSA) is 39.4 Å². The van der Waals surface area contributed by atoms with Gasteiger partial charge in [-0.1, -0.05) is 11.6 Å². The van der Waals surface area contributed by atoms with Gasteiger partial charge in [0.2, 0.25) is 0 Å². The Hall–Kier alpha value is -2.33. The second kappa shape index (κ2) is 5.58. The summed E-state index contributed by atoms with van der Waals surface area (Å²) in [4.78, 5) is 11.9. The lowest BCUT2D eigenvalue weighted by Gasteiger charge is -2.03. The number of carbonyl (C=O) groups excluding carboxylic acids is 1. The van der Waals surface area contributed by atoms with Crippen molar-refractivity contribution in [3.05, 3.63) is 65.1 Å².